The minimum absolute atomic E-state index is 0.291. The van der Waals surface area contributed by atoms with Crippen LogP contribution >= 0.6 is 12.6 Å². The molecule has 0 amide bonds. The fourth-order valence-electron chi connectivity index (χ4n) is 1.12. The standard InChI is InChI=1S/C8H8O2.C6H6S/c1-10-8(9)7-5-3-2-4-6-7;7-6-4-2-1-3-5-6/h2-6H,1H3;1-5,7H. The summed E-state index contributed by atoms with van der Waals surface area (Å²) in [5.74, 6) is -0.291. The number of rotatable bonds is 1. The van der Waals surface area contributed by atoms with E-state index in [1.807, 2.05) is 36.4 Å². The SMILES string of the molecule is COC(=O)c1ccccc1.Sc1ccccc1. The molecule has 0 aliphatic rings. The molecule has 0 fully saturated rings. The van der Waals surface area contributed by atoms with Crippen molar-refractivity contribution in [2.45, 2.75) is 4.90 Å². The van der Waals surface area contributed by atoms with Crippen LogP contribution in [0, 0.1) is 0 Å². The highest BCUT2D eigenvalue weighted by Crippen LogP contribution is 2.01. The van der Waals surface area contributed by atoms with Gasteiger partial charge < -0.3 is 4.74 Å². The van der Waals surface area contributed by atoms with Gasteiger partial charge in [-0.1, -0.05) is 36.4 Å². The van der Waals surface area contributed by atoms with Gasteiger partial charge in [0.05, 0.1) is 12.7 Å². The maximum atomic E-state index is 10.8. The van der Waals surface area contributed by atoms with Gasteiger partial charge in [0.15, 0.2) is 0 Å². The Bertz CT molecular complexity index is 440. The highest BCUT2D eigenvalue weighted by Gasteiger charge is 2.00. The Balaban J connectivity index is 0.000000181. The van der Waals surface area contributed by atoms with E-state index in [9.17, 15) is 4.79 Å². The van der Waals surface area contributed by atoms with E-state index >= 15 is 0 Å². The second kappa shape index (κ2) is 7.52. The second-order valence-electron chi connectivity index (χ2n) is 3.19. The van der Waals surface area contributed by atoms with Crippen molar-refractivity contribution in [3.63, 3.8) is 0 Å². The molecule has 0 radical (unpaired) electrons. The van der Waals surface area contributed by atoms with Crippen molar-refractivity contribution >= 4 is 18.6 Å². The number of methoxy groups -OCH3 is 1. The molecular formula is C14H14O2S. The Labute approximate surface area is 107 Å². The monoisotopic (exact) mass is 246 g/mol. The number of benzene rings is 2. The molecule has 0 aliphatic carbocycles. The zero-order valence-corrected chi connectivity index (χ0v) is 10.4. The van der Waals surface area contributed by atoms with Crippen molar-refractivity contribution in [2.75, 3.05) is 7.11 Å². The quantitative estimate of drug-likeness (QED) is 0.616. The molecule has 0 saturated heterocycles. The molecule has 0 N–H and O–H groups in total. The second-order valence-corrected chi connectivity index (χ2v) is 3.71. The minimum atomic E-state index is -0.291. The highest BCUT2D eigenvalue weighted by atomic mass is 32.1. The third-order valence-corrected chi connectivity index (χ3v) is 2.25. The average molecular weight is 246 g/mol. The first-order chi connectivity index (χ1) is 8.24. The predicted octanol–water partition coefficient (Wildman–Crippen LogP) is 3.45. The van der Waals surface area contributed by atoms with Crippen LogP contribution in [0.4, 0.5) is 0 Å². The topological polar surface area (TPSA) is 26.3 Å². The Morgan fingerprint density at radius 3 is 1.76 bits per heavy atom. The first-order valence-electron chi connectivity index (χ1n) is 5.11. The van der Waals surface area contributed by atoms with E-state index in [1.54, 1.807) is 24.3 Å². The Morgan fingerprint density at radius 2 is 1.41 bits per heavy atom. The summed E-state index contributed by atoms with van der Waals surface area (Å²) < 4.78 is 4.50. The molecule has 0 saturated carbocycles. The summed E-state index contributed by atoms with van der Waals surface area (Å²) in [7, 11) is 1.37. The van der Waals surface area contributed by atoms with E-state index in [4.69, 9.17) is 0 Å². The molecule has 0 unspecified atom stereocenters. The number of thiol groups is 1. The first kappa shape index (κ1) is 13.3. The normalized spacial score (nSPS) is 8.82. The summed E-state index contributed by atoms with van der Waals surface area (Å²) in [6, 6.07) is 18.7. The van der Waals surface area contributed by atoms with Crippen LogP contribution in [0.2, 0.25) is 0 Å². The van der Waals surface area contributed by atoms with Crippen LogP contribution in [-0.4, -0.2) is 13.1 Å². The fourth-order valence-corrected chi connectivity index (χ4v) is 1.29. The van der Waals surface area contributed by atoms with Crippen LogP contribution in [-0.2, 0) is 4.74 Å². The van der Waals surface area contributed by atoms with Gasteiger partial charge in [-0.2, -0.15) is 0 Å². The van der Waals surface area contributed by atoms with Gasteiger partial charge in [-0.05, 0) is 24.3 Å². The maximum absolute atomic E-state index is 10.8. The summed E-state index contributed by atoms with van der Waals surface area (Å²) >= 11 is 4.08. The van der Waals surface area contributed by atoms with Crippen molar-refractivity contribution in [2.24, 2.45) is 0 Å². The summed E-state index contributed by atoms with van der Waals surface area (Å²) in [4.78, 5) is 11.8. The summed E-state index contributed by atoms with van der Waals surface area (Å²) in [6.07, 6.45) is 0. The number of esters is 1. The molecule has 0 heterocycles. The lowest BCUT2D eigenvalue weighted by Crippen LogP contribution is -1.99. The number of hydrogen-bond acceptors (Lipinski definition) is 3. The minimum Gasteiger partial charge on any atom is -0.465 e. The largest absolute Gasteiger partial charge is 0.465 e. The van der Waals surface area contributed by atoms with E-state index in [0.717, 1.165) is 4.90 Å². The molecule has 2 aromatic rings. The third-order valence-electron chi connectivity index (χ3n) is 1.95. The molecule has 3 heteroatoms. The molecule has 2 nitrogen and oxygen atoms in total. The van der Waals surface area contributed by atoms with Gasteiger partial charge in [0.25, 0.3) is 0 Å². The van der Waals surface area contributed by atoms with Crippen molar-refractivity contribution < 1.29 is 9.53 Å². The lowest BCUT2D eigenvalue weighted by Gasteiger charge is -1.95. The molecule has 0 bridgehead atoms. The number of carbonyl (C=O) groups excluding carboxylic acids is 1. The van der Waals surface area contributed by atoms with Gasteiger partial charge in [-0.15, -0.1) is 12.6 Å². The van der Waals surface area contributed by atoms with Crippen molar-refractivity contribution in [1.82, 2.24) is 0 Å². The van der Waals surface area contributed by atoms with Crippen LogP contribution in [0.3, 0.4) is 0 Å². The van der Waals surface area contributed by atoms with E-state index < -0.39 is 0 Å². The van der Waals surface area contributed by atoms with Gasteiger partial charge in [-0.3, -0.25) is 0 Å². The molecule has 2 rings (SSSR count). The average Bonchev–Trinajstić information content (AvgIpc) is 2.40. The lowest BCUT2D eigenvalue weighted by atomic mass is 10.2. The summed E-state index contributed by atoms with van der Waals surface area (Å²) in [5.41, 5.74) is 0.588. The molecule has 2 aromatic carbocycles. The summed E-state index contributed by atoms with van der Waals surface area (Å²) in [6.45, 7) is 0. The molecule has 88 valence electrons. The van der Waals surface area contributed by atoms with Crippen LogP contribution < -0.4 is 0 Å². The fraction of sp³-hybridized carbons (Fsp3) is 0.0714. The van der Waals surface area contributed by atoms with Gasteiger partial charge in [0.1, 0.15) is 0 Å². The van der Waals surface area contributed by atoms with E-state index in [2.05, 4.69) is 17.4 Å². The lowest BCUT2D eigenvalue weighted by molar-refractivity contribution is 0.0601. The Hall–Kier alpha value is -1.74. The maximum Gasteiger partial charge on any atom is 0.337 e. The smallest absolute Gasteiger partial charge is 0.337 e. The van der Waals surface area contributed by atoms with Gasteiger partial charge in [0.2, 0.25) is 0 Å². The van der Waals surface area contributed by atoms with E-state index in [0.29, 0.717) is 5.56 Å². The van der Waals surface area contributed by atoms with E-state index in [1.165, 1.54) is 7.11 Å². The van der Waals surface area contributed by atoms with E-state index in [-0.39, 0.29) is 5.97 Å². The molecule has 17 heavy (non-hydrogen) atoms. The Morgan fingerprint density at radius 1 is 0.941 bits per heavy atom. The van der Waals surface area contributed by atoms with Crippen molar-refractivity contribution in [3.05, 3.63) is 66.2 Å². The number of hydrogen-bond donors (Lipinski definition) is 1. The molecule has 0 aliphatic heterocycles. The van der Waals surface area contributed by atoms with Gasteiger partial charge >= 0.3 is 5.97 Å². The van der Waals surface area contributed by atoms with Crippen LogP contribution in [0.5, 0.6) is 0 Å². The number of ether oxygens (including phenoxy) is 1. The van der Waals surface area contributed by atoms with Gasteiger partial charge in [0, 0.05) is 4.90 Å². The zero-order valence-electron chi connectivity index (χ0n) is 9.54. The first-order valence-corrected chi connectivity index (χ1v) is 5.56. The molecule has 0 spiro atoms. The number of carbonyl (C=O) groups is 1. The van der Waals surface area contributed by atoms with Crippen molar-refractivity contribution in [1.29, 1.82) is 0 Å². The molecular weight excluding hydrogens is 232 g/mol. The zero-order chi connectivity index (χ0) is 12.5. The van der Waals surface area contributed by atoms with Crippen LogP contribution in [0.25, 0.3) is 0 Å². The van der Waals surface area contributed by atoms with Crippen LogP contribution in [0.1, 0.15) is 10.4 Å². The highest BCUT2D eigenvalue weighted by molar-refractivity contribution is 7.80. The summed E-state index contributed by atoms with van der Waals surface area (Å²) in [5, 5.41) is 0. The van der Waals surface area contributed by atoms with Crippen molar-refractivity contribution in [3.8, 4) is 0 Å². The Kier molecular flexibility index (Phi) is 5.89. The third kappa shape index (κ3) is 5.22. The molecule has 0 atom stereocenters. The predicted molar refractivity (Wildman–Crippen MR) is 71.5 cm³/mol. The molecule has 0 aromatic heterocycles. The van der Waals surface area contributed by atoms with Gasteiger partial charge in [-0.25, -0.2) is 4.79 Å². The van der Waals surface area contributed by atoms with Crippen LogP contribution in [0.15, 0.2) is 65.6 Å².